The lowest BCUT2D eigenvalue weighted by atomic mass is 10.2. The lowest BCUT2D eigenvalue weighted by molar-refractivity contribution is 0.157. The van der Waals surface area contributed by atoms with Crippen LogP contribution in [-0.4, -0.2) is 49.3 Å². The predicted octanol–water partition coefficient (Wildman–Crippen LogP) is 2.49. The first-order valence-electron chi connectivity index (χ1n) is 8.55. The maximum atomic E-state index is 12.9. The van der Waals surface area contributed by atoms with Crippen molar-refractivity contribution in [1.82, 2.24) is 9.21 Å². The molecule has 1 aliphatic rings. The summed E-state index contributed by atoms with van der Waals surface area (Å²) in [7, 11) is -3.68. The zero-order valence-electron chi connectivity index (χ0n) is 14.9. The number of nitrogens with zero attached hydrogens (tertiary/aromatic N) is 3. The van der Waals surface area contributed by atoms with Crippen LogP contribution in [0.4, 0.5) is 10.5 Å². The molecule has 1 fully saturated rings. The van der Waals surface area contributed by atoms with Crippen molar-refractivity contribution in [3.63, 3.8) is 0 Å². The summed E-state index contributed by atoms with van der Waals surface area (Å²) in [6.45, 7) is 2.60. The van der Waals surface area contributed by atoms with Crippen LogP contribution in [0.25, 0.3) is 0 Å². The number of carbonyl (C=O) groups is 1. The maximum absolute atomic E-state index is 12.9. The molecular weight excluding hydrogens is 364 g/mol. The summed E-state index contributed by atoms with van der Waals surface area (Å²) >= 11 is 0. The number of nitrogens with one attached hydrogen (secondary N) is 1. The Bertz CT molecular complexity index is 953. The van der Waals surface area contributed by atoms with Crippen LogP contribution in [0.2, 0.25) is 0 Å². The largest absolute Gasteiger partial charge is 0.322 e. The maximum Gasteiger partial charge on any atom is 0.321 e. The van der Waals surface area contributed by atoms with Gasteiger partial charge in [-0.3, -0.25) is 0 Å². The van der Waals surface area contributed by atoms with Crippen LogP contribution in [0.15, 0.2) is 59.5 Å². The van der Waals surface area contributed by atoms with Gasteiger partial charge in [0, 0.05) is 31.4 Å². The van der Waals surface area contributed by atoms with Gasteiger partial charge in [0.25, 0.3) is 0 Å². The number of rotatable bonds is 3. The summed E-state index contributed by atoms with van der Waals surface area (Å²) in [5.74, 6) is 0. The van der Waals surface area contributed by atoms with Gasteiger partial charge in [0.2, 0.25) is 10.0 Å². The number of anilines is 1. The molecule has 1 atom stereocenters. The van der Waals surface area contributed by atoms with E-state index in [1.165, 1.54) is 28.6 Å². The summed E-state index contributed by atoms with van der Waals surface area (Å²) in [5.41, 5.74) is 1.10. The third-order valence-electron chi connectivity index (χ3n) is 4.47. The lowest BCUT2D eigenvalue weighted by Crippen LogP contribution is -2.56. The van der Waals surface area contributed by atoms with E-state index in [0.29, 0.717) is 24.3 Å². The van der Waals surface area contributed by atoms with Gasteiger partial charge in [-0.15, -0.1) is 0 Å². The van der Waals surface area contributed by atoms with Crippen molar-refractivity contribution in [3.05, 3.63) is 60.2 Å². The standard InChI is InChI=1S/C19H20N4O3S/c1-15-14-22(19(24)21-17-5-3-2-4-6-17)11-12-23(15)27(25,26)18-9-7-16(13-20)8-10-18/h2-10,15H,11-12,14H2,1H3,(H,21,24). The van der Waals surface area contributed by atoms with Crippen molar-refractivity contribution in [2.75, 3.05) is 25.0 Å². The van der Waals surface area contributed by atoms with E-state index in [4.69, 9.17) is 5.26 Å². The number of piperazine rings is 1. The topological polar surface area (TPSA) is 93.5 Å². The van der Waals surface area contributed by atoms with E-state index < -0.39 is 10.0 Å². The number of carbonyl (C=O) groups excluding carboxylic acids is 1. The smallest absolute Gasteiger partial charge is 0.321 e. The van der Waals surface area contributed by atoms with Crippen LogP contribution in [0.5, 0.6) is 0 Å². The Labute approximate surface area is 158 Å². The van der Waals surface area contributed by atoms with E-state index >= 15 is 0 Å². The second-order valence-corrected chi connectivity index (χ2v) is 8.23. The lowest BCUT2D eigenvalue weighted by Gasteiger charge is -2.38. The highest BCUT2D eigenvalue weighted by Crippen LogP contribution is 2.22. The van der Waals surface area contributed by atoms with Gasteiger partial charge in [0.15, 0.2) is 0 Å². The first-order chi connectivity index (χ1) is 12.9. The highest BCUT2D eigenvalue weighted by atomic mass is 32.2. The van der Waals surface area contributed by atoms with Gasteiger partial charge in [-0.25, -0.2) is 13.2 Å². The third kappa shape index (κ3) is 4.10. The molecule has 1 unspecified atom stereocenters. The molecule has 1 heterocycles. The van der Waals surface area contributed by atoms with E-state index in [-0.39, 0.29) is 23.5 Å². The summed E-state index contributed by atoms with van der Waals surface area (Å²) in [5, 5.41) is 11.7. The molecule has 0 spiro atoms. The fraction of sp³-hybridized carbons (Fsp3) is 0.263. The Kier molecular flexibility index (Phi) is 5.44. The number of para-hydroxylation sites is 1. The number of urea groups is 1. The Hall–Kier alpha value is -2.89. The molecule has 3 rings (SSSR count). The molecule has 7 nitrogen and oxygen atoms in total. The van der Waals surface area contributed by atoms with E-state index in [2.05, 4.69) is 5.32 Å². The molecular formula is C19H20N4O3S. The molecule has 2 aromatic carbocycles. The van der Waals surface area contributed by atoms with E-state index in [1.807, 2.05) is 24.3 Å². The van der Waals surface area contributed by atoms with Crippen LogP contribution in [0.3, 0.4) is 0 Å². The molecule has 8 heteroatoms. The van der Waals surface area contributed by atoms with Crippen LogP contribution in [-0.2, 0) is 10.0 Å². The summed E-state index contributed by atoms with van der Waals surface area (Å²) in [4.78, 5) is 14.2. The number of hydrogen-bond donors (Lipinski definition) is 1. The van der Waals surface area contributed by atoms with Crippen LogP contribution in [0.1, 0.15) is 12.5 Å². The van der Waals surface area contributed by atoms with Gasteiger partial charge < -0.3 is 10.2 Å². The van der Waals surface area contributed by atoms with Crippen LogP contribution in [0, 0.1) is 11.3 Å². The van der Waals surface area contributed by atoms with Gasteiger partial charge in [-0.2, -0.15) is 9.57 Å². The SMILES string of the molecule is CC1CN(C(=O)Nc2ccccc2)CCN1S(=O)(=O)c1ccc(C#N)cc1. The molecule has 2 amide bonds. The first-order valence-corrected chi connectivity index (χ1v) is 9.99. The summed E-state index contributed by atoms with van der Waals surface area (Å²) < 4.78 is 27.2. The van der Waals surface area contributed by atoms with E-state index in [0.717, 1.165) is 0 Å². The minimum atomic E-state index is -3.68. The predicted molar refractivity (Wildman–Crippen MR) is 102 cm³/mol. The number of sulfonamides is 1. The summed E-state index contributed by atoms with van der Waals surface area (Å²) in [6.07, 6.45) is 0. The molecule has 0 aliphatic carbocycles. The van der Waals surface area contributed by atoms with Crippen molar-refractivity contribution in [2.45, 2.75) is 17.9 Å². The van der Waals surface area contributed by atoms with Crippen LogP contribution < -0.4 is 5.32 Å². The van der Waals surface area contributed by atoms with Gasteiger partial charge >= 0.3 is 6.03 Å². The monoisotopic (exact) mass is 384 g/mol. The zero-order chi connectivity index (χ0) is 19.4. The average Bonchev–Trinajstić information content (AvgIpc) is 2.68. The Morgan fingerprint density at radius 2 is 1.78 bits per heavy atom. The van der Waals surface area contributed by atoms with Crippen molar-refractivity contribution < 1.29 is 13.2 Å². The summed E-state index contributed by atoms with van der Waals surface area (Å²) in [6, 6.07) is 16.3. The zero-order valence-corrected chi connectivity index (χ0v) is 15.7. The number of benzene rings is 2. The molecule has 27 heavy (non-hydrogen) atoms. The quantitative estimate of drug-likeness (QED) is 0.880. The average molecular weight is 384 g/mol. The van der Waals surface area contributed by atoms with Gasteiger partial charge in [-0.05, 0) is 43.3 Å². The second-order valence-electron chi connectivity index (χ2n) is 6.34. The molecule has 0 bridgehead atoms. The third-order valence-corrected chi connectivity index (χ3v) is 6.50. The molecule has 140 valence electrons. The highest BCUT2D eigenvalue weighted by Gasteiger charge is 2.35. The number of amides is 2. The highest BCUT2D eigenvalue weighted by molar-refractivity contribution is 7.89. The minimum absolute atomic E-state index is 0.149. The molecule has 1 saturated heterocycles. The van der Waals surface area contributed by atoms with E-state index in [1.54, 1.807) is 24.0 Å². The van der Waals surface area contributed by atoms with Crippen molar-refractivity contribution >= 4 is 21.7 Å². The fourth-order valence-electron chi connectivity index (χ4n) is 3.04. The second kappa shape index (κ2) is 7.78. The molecule has 0 radical (unpaired) electrons. The molecule has 0 saturated carbocycles. The van der Waals surface area contributed by atoms with Crippen molar-refractivity contribution in [1.29, 1.82) is 5.26 Å². The Balaban J connectivity index is 1.68. The molecule has 1 N–H and O–H groups in total. The number of hydrogen-bond acceptors (Lipinski definition) is 4. The Morgan fingerprint density at radius 3 is 2.37 bits per heavy atom. The van der Waals surface area contributed by atoms with Gasteiger partial charge in [-0.1, -0.05) is 18.2 Å². The fourth-order valence-corrected chi connectivity index (χ4v) is 4.66. The normalized spacial score (nSPS) is 17.9. The van der Waals surface area contributed by atoms with E-state index in [9.17, 15) is 13.2 Å². The molecule has 2 aromatic rings. The molecule has 0 aromatic heterocycles. The van der Waals surface area contributed by atoms with Crippen molar-refractivity contribution in [2.24, 2.45) is 0 Å². The Morgan fingerprint density at radius 1 is 1.11 bits per heavy atom. The van der Waals surface area contributed by atoms with Crippen molar-refractivity contribution in [3.8, 4) is 6.07 Å². The van der Waals surface area contributed by atoms with Gasteiger partial charge in [0.1, 0.15) is 0 Å². The number of nitriles is 1. The van der Waals surface area contributed by atoms with Gasteiger partial charge in [0.05, 0.1) is 16.5 Å². The molecule has 1 aliphatic heterocycles. The van der Waals surface area contributed by atoms with Crippen LogP contribution >= 0.6 is 0 Å². The minimum Gasteiger partial charge on any atom is -0.322 e. The first kappa shape index (κ1) is 18.9.